The molecule has 0 spiro atoms. The van der Waals surface area contributed by atoms with E-state index in [1.165, 1.54) is 25.9 Å². The van der Waals surface area contributed by atoms with E-state index >= 15 is 0 Å². The van der Waals surface area contributed by atoms with Crippen molar-refractivity contribution in [2.75, 3.05) is 31.4 Å². The zero-order valence-electron chi connectivity index (χ0n) is 9.79. The van der Waals surface area contributed by atoms with Gasteiger partial charge in [0.15, 0.2) is 0 Å². The van der Waals surface area contributed by atoms with Crippen LogP contribution in [0.1, 0.15) is 0 Å². The van der Waals surface area contributed by atoms with Gasteiger partial charge in [0.25, 0.3) is 0 Å². The molecule has 0 aliphatic rings. The average Bonchev–Trinajstić information content (AvgIpc) is 2.30. The summed E-state index contributed by atoms with van der Waals surface area (Å²) in [7, 11) is -0.653. The molecule has 7 heteroatoms. The molecule has 0 fully saturated rings. The molecule has 0 saturated heterocycles. The summed E-state index contributed by atoms with van der Waals surface area (Å²) < 4.78 is 24.0. The summed E-state index contributed by atoms with van der Waals surface area (Å²) in [6.45, 7) is 0. The average molecular weight is 276 g/mol. The second kappa shape index (κ2) is 6.25. The van der Waals surface area contributed by atoms with Crippen molar-refractivity contribution in [2.24, 2.45) is 0 Å². The van der Waals surface area contributed by atoms with E-state index in [4.69, 9.17) is 5.73 Å². The molecule has 5 nitrogen and oxygen atoms in total. The molecule has 0 unspecified atom stereocenters. The van der Waals surface area contributed by atoms with Gasteiger partial charge in [-0.1, -0.05) is 16.6 Å². The van der Waals surface area contributed by atoms with Crippen LogP contribution in [0.3, 0.4) is 0 Å². The smallest absolute Gasteiger partial charge is 0.236 e. The highest BCUT2D eigenvalue weighted by molar-refractivity contribution is 8.00. The number of thioether (sulfide) groups is 1. The lowest BCUT2D eigenvalue weighted by atomic mass is 10.3. The first-order valence-corrected chi connectivity index (χ1v) is 7.55. The molecule has 0 amide bonds. The van der Waals surface area contributed by atoms with E-state index in [2.05, 4.69) is 4.84 Å². The molecule has 1 aromatic rings. The molecule has 0 aliphatic heterocycles. The van der Waals surface area contributed by atoms with Gasteiger partial charge in [0.05, 0.1) is 12.9 Å². The maximum absolute atomic E-state index is 11.6. The maximum Gasteiger partial charge on any atom is 0.236 e. The highest BCUT2D eigenvalue weighted by Crippen LogP contribution is 2.24. The molecule has 0 heterocycles. The van der Waals surface area contributed by atoms with Gasteiger partial charge >= 0.3 is 0 Å². The number of para-hydroxylation sites is 1. The fourth-order valence-corrected chi connectivity index (χ4v) is 3.40. The minimum Gasteiger partial charge on any atom is -0.398 e. The quantitative estimate of drug-likeness (QED) is 0.480. The molecule has 0 aliphatic carbocycles. The Morgan fingerprint density at radius 1 is 1.41 bits per heavy atom. The van der Waals surface area contributed by atoms with Crippen molar-refractivity contribution < 1.29 is 13.3 Å². The van der Waals surface area contributed by atoms with Crippen LogP contribution < -0.4 is 5.73 Å². The van der Waals surface area contributed by atoms with E-state index in [0.717, 1.165) is 9.36 Å². The van der Waals surface area contributed by atoms with Crippen LogP contribution in [0.25, 0.3) is 0 Å². The van der Waals surface area contributed by atoms with Crippen LogP contribution in [0.4, 0.5) is 5.69 Å². The summed E-state index contributed by atoms with van der Waals surface area (Å²) in [6.07, 6.45) is 0. The van der Waals surface area contributed by atoms with Gasteiger partial charge < -0.3 is 5.73 Å². The van der Waals surface area contributed by atoms with E-state index in [1.54, 1.807) is 6.07 Å². The Hall–Kier alpha value is -0.760. The number of hydroxylamine groups is 1. The molecule has 0 atom stereocenters. The number of sulfonamides is 1. The van der Waals surface area contributed by atoms with Gasteiger partial charge in [-0.3, -0.25) is 4.84 Å². The molecule has 17 heavy (non-hydrogen) atoms. The van der Waals surface area contributed by atoms with Gasteiger partial charge in [0.2, 0.25) is 10.0 Å². The van der Waals surface area contributed by atoms with Crippen LogP contribution >= 0.6 is 11.8 Å². The molecule has 96 valence electrons. The van der Waals surface area contributed by atoms with Crippen molar-refractivity contribution in [3.8, 4) is 0 Å². The third kappa shape index (κ3) is 4.19. The van der Waals surface area contributed by atoms with E-state index in [9.17, 15) is 8.42 Å². The van der Waals surface area contributed by atoms with Crippen LogP contribution in [-0.4, -0.2) is 38.5 Å². The third-order valence-electron chi connectivity index (χ3n) is 2.17. The Labute approximate surface area is 106 Å². The predicted octanol–water partition coefficient (Wildman–Crippen LogP) is 1.18. The summed E-state index contributed by atoms with van der Waals surface area (Å²) in [5, 5.41) is 0. The lowest BCUT2D eigenvalue weighted by Gasteiger charge is -2.13. The third-order valence-corrected chi connectivity index (χ3v) is 5.17. The Kier molecular flexibility index (Phi) is 5.26. The highest BCUT2D eigenvalue weighted by Gasteiger charge is 2.17. The van der Waals surface area contributed by atoms with Crippen molar-refractivity contribution in [1.29, 1.82) is 0 Å². The van der Waals surface area contributed by atoms with Crippen molar-refractivity contribution >= 4 is 27.5 Å². The van der Waals surface area contributed by atoms with Crippen LogP contribution in [-0.2, 0) is 14.9 Å². The Morgan fingerprint density at radius 3 is 2.65 bits per heavy atom. The summed E-state index contributed by atoms with van der Waals surface area (Å²) in [4.78, 5) is 5.54. The molecule has 0 aromatic heterocycles. The first-order chi connectivity index (χ1) is 7.97. The Morgan fingerprint density at radius 2 is 2.06 bits per heavy atom. The van der Waals surface area contributed by atoms with Gasteiger partial charge in [-0.2, -0.15) is 0 Å². The van der Waals surface area contributed by atoms with E-state index in [0.29, 0.717) is 11.4 Å². The SMILES string of the molecule is CON(C)S(=O)(=O)CCSc1ccccc1N. The van der Waals surface area contributed by atoms with E-state index < -0.39 is 10.0 Å². The first-order valence-electron chi connectivity index (χ1n) is 4.95. The predicted molar refractivity (Wildman–Crippen MR) is 70.1 cm³/mol. The summed E-state index contributed by atoms with van der Waals surface area (Å²) >= 11 is 1.42. The number of nitrogens with two attached hydrogens (primary N) is 1. The number of hydrogen-bond acceptors (Lipinski definition) is 5. The van der Waals surface area contributed by atoms with E-state index in [-0.39, 0.29) is 5.75 Å². The first kappa shape index (κ1) is 14.3. The largest absolute Gasteiger partial charge is 0.398 e. The molecular weight excluding hydrogens is 260 g/mol. The van der Waals surface area contributed by atoms with Gasteiger partial charge in [-0.25, -0.2) is 8.42 Å². The van der Waals surface area contributed by atoms with Crippen molar-refractivity contribution in [3.63, 3.8) is 0 Å². The topological polar surface area (TPSA) is 72.6 Å². The minimum absolute atomic E-state index is 0.0103. The van der Waals surface area contributed by atoms with Gasteiger partial charge in [0, 0.05) is 23.4 Å². The second-order valence-electron chi connectivity index (χ2n) is 3.29. The fourth-order valence-electron chi connectivity index (χ4n) is 1.11. The Bertz CT molecular complexity index is 462. The zero-order chi connectivity index (χ0) is 12.9. The molecule has 1 aromatic carbocycles. The van der Waals surface area contributed by atoms with Gasteiger partial charge in [-0.15, -0.1) is 11.8 Å². The van der Waals surface area contributed by atoms with Crippen LogP contribution in [0.15, 0.2) is 29.2 Å². The summed E-state index contributed by atoms with van der Waals surface area (Å²) in [5.74, 6) is 0.445. The number of nitrogens with zero attached hydrogens (tertiary/aromatic N) is 1. The number of rotatable bonds is 6. The lowest BCUT2D eigenvalue weighted by molar-refractivity contribution is -0.0256. The van der Waals surface area contributed by atoms with Crippen molar-refractivity contribution in [1.82, 2.24) is 4.47 Å². The van der Waals surface area contributed by atoms with E-state index in [1.807, 2.05) is 18.2 Å². The van der Waals surface area contributed by atoms with Gasteiger partial charge in [0.1, 0.15) is 0 Å². The molecule has 0 saturated carbocycles. The van der Waals surface area contributed by atoms with Gasteiger partial charge in [-0.05, 0) is 12.1 Å². The van der Waals surface area contributed by atoms with Crippen molar-refractivity contribution in [3.05, 3.63) is 24.3 Å². The molecular formula is C10H16N2O3S2. The molecule has 0 radical (unpaired) electrons. The molecule has 1 rings (SSSR count). The normalized spacial score (nSPS) is 11.9. The van der Waals surface area contributed by atoms with Crippen molar-refractivity contribution in [2.45, 2.75) is 4.90 Å². The Balaban J connectivity index is 2.52. The molecule has 0 bridgehead atoms. The summed E-state index contributed by atoms with van der Waals surface area (Å²) in [5.41, 5.74) is 6.41. The fraction of sp³-hybridized carbons (Fsp3) is 0.400. The van der Waals surface area contributed by atoms with Crippen LogP contribution in [0.5, 0.6) is 0 Å². The number of benzene rings is 1. The highest BCUT2D eigenvalue weighted by atomic mass is 32.2. The standard InChI is InChI=1S/C10H16N2O3S2/c1-12(15-2)17(13,14)8-7-16-10-6-4-3-5-9(10)11/h3-6H,7-8,11H2,1-2H3. The summed E-state index contributed by atoms with van der Waals surface area (Å²) in [6, 6.07) is 7.37. The number of anilines is 1. The lowest BCUT2D eigenvalue weighted by Crippen LogP contribution is -2.29. The van der Waals surface area contributed by atoms with Crippen LogP contribution in [0, 0.1) is 0 Å². The second-order valence-corrected chi connectivity index (χ2v) is 6.52. The molecule has 2 N–H and O–H groups in total. The minimum atomic E-state index is -3.34. The monoisotopic (exact) mass is 276 g/mol. The number of nitrogen functional groups attached to an aromatic ring is 1. The van der Waals surface area contributed by atoms with Crippen LogP contribution in [0.2, 0.25) is 0 Å². The zero-order valence-corrected chi connectivity index (χ0v) is 11.4. The number of hydrogen-bond donors (Lipinski definition) is 1. The maximum atomic E-state index is 11.6.